The van der Waals surface area contributed by atoms with E-state index in [1.54, 1.807) is 18.2 Å². The minimum absolute atomic E-state index is 0.000365. The summed E-state index contributed by atoms with van der Waals surface area (Å²) in [6, 6.07) is 6.37. The van der Waals surface area contributed by atoms with Crippen LogP contribution in [0.25, 0.3) is 0 Å². The average molecular weight is 210 g/mol. The van der Waals surface area contributed by atoms with Gasteiger partial charge in [-0.2, -0.15) is 0 Å². The summed E-state index contributed by atoms with van der Waals surface area (Å²) >= 11 is 0. The van der Waals surface area contributed by atoms with Gasteiger partial charge in [-0.1, -0.05) is 18.2 Å². The molecule has 3 heteroatoms. The molecule has 3 unspecified atom stereocenters. The maximum absolute atomic E-state index is 13.4. The third-order valence-electron chi connectivity index (χ3n) is 3.06. The van der Waals surface area contributed by atoms with Crippen LogP contribution in [0, 0.1) is 11.7 Å². The van der Waals surface area contributed by atoms with Crippen molar-refractivity contribution in [2.45, 2.75) is 25.6 Å². The second-order valence-corrected chi connectivity index (χ2v) is 3.99. The molecule has 0 aromatic heterocycles. The highest BCUT2D eigenvalue weighted by Crippen LogP contribution is 2.33. The molecular formula is C12H15FO2. The lowest BCUT2D eigenvalue weighted by Crippen LogP contribution is -2.20. The van der Waals surface area contributed by atoms with Crippen molar-refractivity contribution in [1.29, 1.82) is 0 Å². The fourth-order valence-corrected chi connectivity index (χ4v) is 2.11. The standard InChI is InChI=1S/C12H15FO2/c1-8-9(6-7-15-8)12(14)10-4-2-3-5-11(10)13/h2-5,8-9,12,14H,6-7H2,1H3. The molecule has 2 rings (SSSR count). The molecule has 1 aromatic rings. The van der Waals surface area contributed by atoms with Crippen LogP contribution in [-0.2, 0) is 4.74 Å². The van der Waals surface area contributed by atoms with Gasteiger partial charge in [-0.15, -0.1) is 0 Å². The van der Waals surface area contributed by atoms with E-state index in [4.69, 9.17) is 4.74 Å². The first-order valence-corrected chi connectivity index (χ1v) is 5.24. The Hall–Kier alpha value is -0.930. The minimum atomic E-state index is -0.760. The van der Waals surface area contributed by atoms with Crippen LogP contribution in [0.2, 0.25) is 0 Å². The predicted octanol–water partition coefficient (Wildman–Crippen LogP) is 2.28. The van der Waals surface area contributed by atoms with E-state index in [1.807, 2.05) is 6.92 Å². The van der Waals surface area contributed by atoms with Crippen LogP contribution >= 0.6 is 0 Å². The summed E-state index contributed by atoms with van der Waals surface area (Å²) in [6.45, 7) is 2.57. The zero-order valence-corrected chi connectivity index (χ0v) is 8.69. The van der Waals surface area contributed by atoms with Crippen molar-refractivity contribution in [3.8, 4) is 0 Å². The van der Waals surface area contributed by atoms with Gasteiger partial charge < -0.3 is 9.84 Å². The van der Waals surface area contributed by atoms with Crippen molar-refractivity contribution in [1.82, 2.24) is 0 Å². The summed E-state index contributed by atoms with van der Waals surface area (Å²) in [7, 11) is 0. The van der Waals surface area contributed by atoms with Gasteiger partial charge in [-0.3, -0.25) is 0 Å². The number of halogens is 1. The maximum Gasteiger partial charge on any atom is 0.129 e. The van der Waals surface area contributed by atoms with Gasteiger partial charge in [-0.25, -0.2) is 4.39 Å². The summed E-state index contributed by atoms with van der Waals surface area (Å²) in [5.74, 6) is -0.342. The van der Waals surface area contributed by atoms with E-state index in [0.29, 0.717) is 12.2 Å². The van der Waals surface area contributed by atoms with Crippen molar-refractivity contribution in [2.24, 2.45) is 5.92 Å². The molecule has 15 heavy (non-hydrogen) atoms. The Morgan fingerprint density at radius 2 is 2.20 bits per heavy atom. The lowest BCUT2D eigenvalue weighted by Gasteiger charge is -2.21. The van der Waals surface area contributed by atoms with E-state index in [0.717, 1.165) is 6.42 Å². The van der Waals surface area contributed by atoms with E-state index in [2.05, 4.69) is 0 Å². The highest BCUT2D eigenvalue weighted by Gasteiger charge is 2.32. The number of ether oxygens (including phenoxy) is 1. The molecule has 1 aromatic carbocycles. The van der Waals surface area contributed by atoms with Crippen molar-refractivity contribution < 1.29 is 14.2 Å². The molecule has 1 heterocycles. The highest BCUT2D eigenvalue weighted by atomic mass is 19.1. The summed E-state index contributed by atoms with van der Waals surface area (Å²) in [5, 5.41) is 10.1. The molecule has 0 radical (unpaired) electrons. The Morgan fingerprint density at radius 1 is 1.47 bits per heavy atom. The number of aliphatic hydroxyl groups is 1. The normalized spacial score (nSPS) is 27.9. The SMILES string of the molecule is CC1OCCC1C(O)c1ccccc1F. The Kier molecular flexibility index (Phi) is 3.03. The highest BCUT2D eigenvalue weighted by molar-refractivity contribution is 5.20. The topological polar surface area (TPSA) is 29.5 Å². The molecule has 3 atom stereocenters. The molecule has 1 aliphatic heterocycles. The van der Waals surface area contributed by atoms with Gasteiger partial charge in [0, 0.05) is 18.1 Å². The number of aliphatic hydroxyl groups excluding tert-OH is 1. The van der Waals surface area contributed by atoms with E-state index in [9.17, 15) is 9.50 Å². The Balaban J connectivity index is 2.20. The third kappa shape index (κ3) is 2.03. The van der Waals surface area contributed by atoms with Gasteiger partial charge in [0.05, 0.1) is 12.2 Å². The molecule has 0 saturated carbocycles. The molecule has 1 N–H and O–H groups in total. The van der Waals surface area contributed by atoms with Crippen LogP contribution in [0.5, 0.6) is 0 Å². The first-order chi connectivity index (χ1) is 7.20. The summed E-state index contributed by atoms with van der Waals surface area (Å²) < 4.78 is 18.8. The Morgan fingerprint density at radius 3 is 2.80 bits per heavy atom. The molecule has 2 nitrogen and oxygen atoms in total. The van der Waals surface area contributed by atoms with Crippen molar-refractivity contribution in [2.75, 3.05) is 6.61 Å². The quantitative estimate of drug-likeness (QED) is 0.811. The van der Waals surface area contributed by atoms with Crippen LogP contribution in [0.3, 0.4) is 0 Å². The van der Waals surface area contributed by atoms with Gasteiger partial charge in [0.15, 0.2) is 0 Å². The van der Waals surface area contributed by atoms with Gasteiger partial charge >= 0.3 is 0 Å². The van der Waals surface area contributed by atoms with Crippen molar-refractivity contribution in [3.05, 3.63) is 35.6 Å². The monoisotopic (exact) mass is 210 g/mol. The van der Waals surface area contributed by atoms with E-state index < -0.39 is 6.10 Å². The van der Waals surface area contributed by atoms with E-state index >= 15 is 0 Å². The van der Waals surface area contributed by atoms with Crippen LogP contribution in [0.4, 0.5) is 4.39 Å². The second kappa shape index (κ2) is 4.29. The first kappa shape index (κ1) is 10.6. The van der Waals surface area contributed by atoms with Gasteiger partial charge in [0.2, 0.25) is 0 Å². The number of hydrogen-bond donors (Lipinski definition) is 1. The zero-order chi connectivity index (χ0) is 10.8. The molecule has 82 valence electrons. The van der Waals surface area contributed by atoms with E-state index in [1.165, 1.54) is 6.07 Å². The predicted molar refractivity (Wildman–Crippen MR) is 54.9 cm³/mol. The average Bonchev–Trinajstić information content (AvgIpc) is 2.64. The van der Waals surface area contributed by atoms with Crippen molar-refractivity contribution in [3.63, 3.8) is 0 Å². The molecule has 1 fully saturated rings. The minimum Gasteiger partial charge on any atom is -0.388 e. The Labute approximate surface area is 88.7 Å². The van der Waals surface area contributed by atoms with Crippen LogP contribution in [0.1, 0.15) is 25.0 Å². The largest absolute Gasteiger partial charge is 0.388 e. The summed E-state index contributed by atoms with van der Waals surface area (Å²) in [4.78, 5) is 0. The second-order valence-electron chi connectivity index (χ2n) is 3.99. The molecule has 0 spiro atoms. The van der Waals surface area contributed by atoms with Crippen LogP contribution in [0.15, 0.2) is 24.3 Å². The molecule has 1 aliphatic rings. The maximum atomic E-state index is 13.4. The molecule has 0 aliphatic carbocycles. The van der Waals surface area contributed by atoms with Crippen LogP contribution < -0.4 is 0 Å². The first-order valence-electron chi connectivity index (χ1n) is 5.24. The van der Waals surface area contributed by atoms with Crippen molar-refractivity contribution >= 4 is 0 Å². The number of hydrogen-bond acceptors (Lipinski definition) is 2. The summed E-state index contributed by atoms with van der Waals surface area (Å²) in [6.07, 6.45) is 0.0275. The lowest BCUT2D eigenvalue weighted by atomic mass is 9.90. The number of benzene rings is 1. The Bertz CT molecular complexity index is 340. The smallest absolute Gasteiger partial charge is 0.129 e. The zero-order valence-electron chi connectivity index (χ0n) is 8.69. The number of rotatable bonds is 2. The van der Waals surface area contributed by atoms with Gasteiger partial charge in [0.1, 0.15) is 5.82 Å². The fraction of sp³-hybridized carbons (Fsp3) is 0.500. The van der Waals surface area contributed by atoms with Crippen LogP contribution in [-0.4, -0.2) is 17.8 Å². The molecule has 1 saturated heterocycles. The molecular weight excluding hydrogens is 195 g/mol. The molecule has 0 bridgehead atoms. The molecule has 0 amide bonds. The lowest BCUT2D eigenvalue weighted by molar-refractivity contribution is 0.0415. The third-order valence-corrected chi connectivity index (χ3v) is 3.06. The van der Waals surface area contributed by atoms with Gasteiger partial charge in [-0.05, 0) is 19.4 Å². The summed E-state index contributed by atoms with van der Waals surface area (Å²) in [5.41, 5.74) is 0.375. The fourth-order valence-electron chi connectivity index (χ4n) is 2.11. The van der Waals surface area contributed by atoms with E-state index in [-0.39, 0.29) is 17.8 Å². The van der Waals surface area contributed by atoms with Gasteiger partial charge in [0.25, 0.3) is 0 Å².